The second kappa shape index (κ2) is 6.40. The molecule has 2 aromatic rings. The van der Waals surface area contributed by atoms with Crippen LogP contribution in [0.25, 0.3) is 11.0 Å². The van der Waals surface area contributed by atoms with E-state index in [0.717, 1.165) is 23.4 Å². The maximum absolute atomic E-state index is 5.24. The molecular formula is C14H21N3O. The van der Waals surface area contributed by atoms with Crippen LogP contribution < -0.4 is 5.32 Å². The van der Waals surface area contributed by atoms with Gasteiger partial charge in [0, 0.05) is 7.11 Å². The van der Waals surface area contributed by atoms with Crippen LogP contribution in [0.5, 0.6) is 0 Å². The molecule has 0 saturated heterocycles. The number of aromatic amines is 1. The van der Waals surface area contributed by atoms with Crippen LogP contribution in [0, 0.1) is 0 Å². The smallest absolute Gasteiger partial charge is 0.201 e. The Morgan fingerprint density at radius 2 is 2.22 bits per heavy atom. The summed E-state index contributed by atoms with van der Waals surface area (Å²) in [6.45, 7) is 2.90. The maximum atomic E-state index is 5.24. The third kappa shape index (κ3) is 3.23. The molecule has 1 aromatic heterocycles. The van der Waals surface area contributed by atoms with Crippen molar-refractivity contribution in [3.05, 3.63) is 24.3 Å². The molecule has 0 bridgehead atoms. The summed E-state index contributed by atoms with van der Waals surface area (Å²) in [5.41, 5.74) is 2.05. The fraction of sp³-hybridized carbons (Fsp3) is 0.500. The van der Waals surface area contributed by atoms with Crippen LogP contribution in [-0.4, -0.2) is 29.7 Å². The Hall–Kier alpha value is -1.55. The number of hydrogen-bond acceptors (Lipinski definition) is 3. The van der Waals surface area contributed by atoms with Gasteiger partial charge in [0.1, 0.15) is 0 Å². The minimum atomic E-state index is 0.315. The van der Waals surface area contributed by atoms with Crippen LogP contribution in [-0.2, 0) is 4.74 Å². The van der Waals surface area contributed by atoms with Crippen LogP contribution in [0.1, 0.15) is 26.2 Å². The van der Waals surface area contributed by atoms with Crippen LogP contribution >= 0.6 is 0 Å². The van der Waals surface area contributed by atoms with E-state index in [4.69, 9.17) is 4.74 Å². The summed E-state index contributed by atoms with van der Waals surface area (Å²) in [7, 11) is 1.74. The Labute approximate surface area is 108 Å². The molecule has 18 heavy (non-hydrogen) atoms. The monoisotopic (exact) mass is 247 g/mol. The fourth-order valence-electron chi connectivity index (χ4n) is 2.06. The van der Waals surface area contributed by atoms with Gasteiger partial charge in [-0.15, -0.1) is 0 Å². The Morgan fingerprint density at radius 1 is 1.39 bits per heavy atom. The normalized spacial score (nSPS) is 12.8. The number of fused-ring (bicyclic) bond motifs is 1. The van der Waals surface area contributed by atoms with Gasteiger partial charge in [-0.25, -0.2) is 4.98 Å². The Balaban J connectivity index is 2.05. The third-order valence-corrected chi connectivity index (χ3v) is 3.00. The largest absolute Gasteiger partial charge is 0.383 e. The first kappa shape index (κ1) is 12.9. The highest BCUT2D eigenvalue weighted by Crippen LogP contribution is 2.15. The zero-order chi connectivity index (χ0) is 12.8. The second-order valence-corrected chi connectivity index (χ2v) is 4.54. The zero-order valence-corrected chi connectivity index (χ0v) is 11.1. The Morgan fingerprint density at radius 3 is 2.94 bits per heavy atom. The summed E-state index contributed by atoms with van der Waals surface area (Å²) in [6.07, 6.45) is 3.49. The van der Waals surface area contributed by atoms with Gasteiger partial charge in [-0.3, -0.25) is 0 Å². The van der Waals surface area contributed by atoms with Crippen molar-refractivity contribution < 1.29 is 4.74 Å². The van der Waals surface area contributed by atoms with E-state index < -0.39 is 0 Å². The van der Waals surface area contributed by atoms with E-state index in [-0.39, 0.29) is 0 Å². The number of rotatable bonds is 7. The highest BCUT2D eigenvalue weighted by molar-refractivity contribution is 5.77. The number of nitrogens with one attached hydrogen (secondary N) is 2. The van der Waals surface area contributed by atoms with E-state index in [9.17, 15) is 0 Å². The summed E-state index contributed by atoms with van der Waals surface area (Å²) in [5, 5.41) is 3.41. The molecule has 0 radical (unpaired) electrons. The lowest BCUT2D eigenvalue weighted by molar-refractivity contribution is 0.181. The summed E-state index contributed by atoms with van der Waals surface area (Å²) >= 11 is 0. The topological polar surface area (TPSA) is 49.9 Å². The van der Waals surface area contributed by atoms with Gasteiger partial charge < -0.3 is 15.0 Å². The Bertz CT molecular complexity index is 448. The lowest BCUT2D eigenvalue weighted by Gasteiger charge is -2.16. The van der Waals surface area contributed by atoms with Crippen LogP contribution in [0.3, 0.4) is 0 Å². The minimum absolute atomic E-state index is 0.315. The SMILES string of the molecule is CCCCC(COC)Nc1nc2ccccc2[nH]1. The molecule has 98 valence electrons. The highest BCUT2D eigenvalue weighted by Gasteiger charge is 2.10. The molecule has 1 aromatic carbocycles. The van der Waals surface area contributed by atoms with Gasteiger partial charge in [0.15, 0.2) is 0 Å². The number of aromatic nitrogens is 2. The zero-order valence-electron chi connectivity index (χ0n) is 11.1. The number of H-pyrrole nitrogens is 1. The van der Waals surface area contributed by atoms with Crippen molar-refractivity contribution in [2.24, 2.45) is 0 Å². The number of imidazole rings is 1. The number of benzene rings is 1. The van der Waals surface area contributed by atoms with Crippen molar-refractivity contribution in [3.63, 3.8) is 0 Å². The van der Waals surface area contributed by atoms with Gasteiger partial charge in [0.05, 0.1) is 23.7 Å². The predicted octanol–water partition coefficient (Wildman–Crippen LogP) is 3.18. The molecule has 1 heterocycles. The molecule has 1 atom stereocenters. The molecule has 0 amide bonds. The number of anilines is 1. The van der Waals surface area contributed by atoms with Crippen molar-refractivity contribution in [1.29, 1.82) is 0 Å². The predicted molar refractivity (Wildman–Crippen MR) is 74.9 cm³/mol. The number of methoxy groups -OCH3 is 1. The molecule has 4 heteroatoms. The van der Waals surface area contributed by atoms with Crippen molar-refractivity contribution in [1.82, 2.24) is 9.97 Å². The number of unbranched alkanes of at least 4 members (excludes halogenated alkanes) is 1. The van der Waals surface area contributed by atoms with Crippen LogP contribution in [0.15, 0.2) is 24.3 Å². The van der Waals surface area contributed by atoms with E-state index in [1.807, 2.05) is 24.3 Å². The van der Waals surface area contributed by atoms with Gasteiger partial charge in [0.25, 0.3) is 0 Å². The Kier molecular flexibility index (Phi) is 4.59. The van der Waals surface area contributed by atoms with Crippen LogP contribution in [0.2, 0.25) is 0 Å². The lowest BCUT2D eigenvalue weighted by atomic mass is 10.1. The fourth-order valence-corrected chi connectivity index (χ4v) is 2.06. The summed E-state index contributed by atoms with van der Waals surface area (Å²) in [5.74, 6) is 0.828. The molecule has 0 aliphatic rings. The molecule has 0 fully saturated rings. The van der Waals surface area contributed by atoms with Gasteiger partial charge in [-0.05, 0) is 18.6 Å². The molecule has 0 spiro atoms. The molecule has 0 saturated carbocycles. The molecular weight excluding hydrogens is 226 g/mol. The van der Waals surface area contributed by atoms with Crippen molar-refractivity contribution in [2.75, 3.05) is 19.0 Å². The van der Waals surface area contributed by atoms with E-state index in [1.54, 1.807) is 7.11 Å². The molecule has 2 rings (SSSR count). The minimum Gasteiger partial charge on any atom is -0.383 e. The van der Waals surface area contributed by atoms with E-state index >= 15 is 0 Å². The quantitative estimate of drug-likeness (QED) is 0.790. The highest BCUT2D eigenvalue weighted by atomic mass is 16.5. The number of para-hydroxylation sites is 2. The van der Waals surface area contributed by atoms with Crippen molar-refractivity contribution in [2.45, 2.75) is 32.2 Å². The van der Waals surface area contributed by atoms with Gasteiger partial charge in [0.2, 0.25) is 5.95 Å². The summed E-state index contributed by atoms with van der Waals surface area (Å²) in [6, 6.07) is 8.36. The molecule has 1 unspecified atom stereocenters. The number of ether oxygens (including phenoxy) is 1. The average Bonchev–Trinajstić information content (AvgIpc) is 2.78. The number of hydrogen-bond donors (Lipinski definition) is 2. The maximum Gasteiger partial charge on any atom is 0.201 e. The van der Waals surface area contributed by atoms with Gasteiger partial charge >= 0.3 is 0 Å². The van der Waals surface area contributed by atoms with Crippen molar-refractivity contribution in [3.8, 4) is 0 Å². The van der Waals surface area contributed by atoms with E-state index in [2.05, 4.69) is 22.2 Å². The first-order chi connectivity index (χ1) is 8.83. The second-order valence-electron chi connectivity index (χ2n) is 4.54. The van der Waals surface area contributed by atoms with Gasteiger partial charge in [-0.2, -0.15) is 0 Å². The van der Waals surface area contributed by atoms with Gasteiger partial charge in [-0.1, -0.05) is 31.9 Å². The molecule has 2 N–H and O–H groups in total. The van der Waals surface area contributed by atoms with Crippen LogP contribution in [0.4, 0.5) is 5.95 Å². The summed E-state index contributed by atoms with van der Waals surface area (Å²) in [4.78, 5) is 7.80. The van der Waals surface area contributed by atoms with E-state index in [0.29, 0.717) is 12.6 Å². The standard InChI is InChI=1S/C14H21N3O/c1-3-4-7-11(10-18-2)15-14-16-12-8-5-6-9-13(12)17-14/h5-6,8-9,11H,3-4,7,10H2,1-2H3,(H2,15,16,17). The lowest BCUT2D eigenvalue weighted by Crippen LogP contribution is -2.25. The summed E-state index contributed by atoms with van der Waals surface area (Å²) < 4.78 is 5.24. The first-order valence-electron chi connectivity index (χ1n) is 6.53. The third-order valence-electron chi connectivity index (χ3n) is 3.00. The molecule has 0 aliphatic heterocycles. The first-order valence-corrected chi connectivity index (χ1v) is 6.53. The van der Waals surface area contributed by atoms with E-state index in [1.165, 1.54) is 12.8 Å². The number of nitrogens with zero attached hydrogens (tertiary/aromatic N) is 1. The molecule has 0 aliphatic carbocycles. The average molecular weight is 247 g/mol. The van der Waals surface area contributed by atoms with Crippen molar-refractivity contribution >= 4 is 17.0 Å². The molecule has 4 nitrogen and oxygen atoms in total.